The van der Waals surface area contributed by atoms with E-state index in [2.05, 4.69) is 22.1 Å². The van der Waals surface area contributed by atoms with Crippen molar-refractivity contribution in [2.45, 2.75) is 0 Å². The third-order valence-corrected chi connectivity index (χ3v) is 4.67. The Balaban J connectivity index is 1.83. The first-order valence-electron chi connectivity index (χ1n) is 7.12. The summed E-state index contributed by atoms with van der Waals surface area (Å²) in [6.07, 6.45) is 0. The predicted octanol–water partition coefficient (Wildman–Crippen LogP) is 3.61. The van der Waals surface area contributed by atoms with Crippen molar-refractivity contribution in [2.24, 2.45) is 0 Å². The molecule has 0 saturated carbocycles. The van der Waals surface area contributed by atoms with Crippen molar-refractivity contribution in [3.63, 3.8) is 0 Å². The first-order valence-corrected chi connectivity index (χ1v) is 8.00. The number of aromatic nitrogens is 2. The summed E-state index contributed by atoms with van der Waals surface area (Å²) >= 11 is 1.36. The fraction of sp³-hybridized carbons (Fsp3) is 0. The minimum absolute atomic E-state index is 0.355. The lowest BCUT2D eigenvalue weighted by Gasteiger charge is -2.04. The number of hydrogen-bond acceptors (Lipinski definition) is 3. The van der Waals surface area contributed by atoms with Crippen LogP contribution in [0.3, 0.4) is 0 Å². The van der Waals surface area contributed by atoms with Gasteiger partial charge in [0.2, 0.25) is 0 Å². The van der Waals surface area contributed by atoms with Gasteiger partial charge in [0.05, 0.1) is 5.39 Å². The summed E-state index contributed by atoms with van der Waals surface area (Å²) in [5, 5.41) is 2.43. The Labute approximate surface area is 135 Å². The molecule has 0 spiro atoms. The average molecular weight is 320 g/mol. The summed E-state index contributed by atoms with van der Waals surface area (Å²) < 4.78 is 0. The molecule has 0 aliphatic heterocycles. The van der Waals surface area contributed by atoms with Crippen molar-refractivity contribution in [1.29, 1.82) is 0 Å². The number of nitrogens with one attached hydrogen (secondary N) is 2. The molecule has 2 aromatic heterocycles. The number of aromatic amines is 2. The second-order valence-electron chi connectivity index (χ2n) is 5.21. The van der Waals surface area contributed by atoms with E-state index in [4.69, 9.17) is 0 Å². The molecule has 4 nitrogen and oxygen atoms in total. The summed E-state index contributed by atoms with van der Waals surface area (Å²) in [6.45, 7) is 0. The van der Waals surface area contributed by atoms with Gasteiger partial charge in [0.15, 0.2) is 0 Å². The number of thiophene rings is 1. The topological polar surface area (TPSA) is 65.7 Å². The molecule has 2 heterocycles. The van der Waals surface area contributed by atoms with Gasteiger partial charge in [0.1, 0.15) is 4.83 Å². The summed E-state index contributed by atoms with van der Waals surface area (Å²) in [5.74, 6) is 0. The fourth-order valence-corrected chi connectivity index (χ4v) is 3.62. The lowest BCUT2D eigenvalue weighted by Crippen LogP contribution is -2.21. The van der Waals surface area contributed by atoms with Crippen LogP contribution >= 0.6 is 11.3 Å². The van der Waals surface area contributed by atoms with Crippen LogP contribution in [0.15, 0.2) is 69.6 Å². The maximum Gasteiger partial charge on any atom is 0.326 e. The van der Waals surface area contributed by atoms with Gasteiger partial charge >= 0.3 is 5.69 Å². The standard InChI is InChI=1S/C18H12N2O2S/c21-16-15-14(10-23-17(15)20-18(22)19-16)13-8-6-12(7-9-13)11-4-2-1-3-5-11/h1-10H,(H2,19,20,21,22). The van der Waals surface area contributed by atoms with E-state index >= 15 is 0 Å². The van der Waals surface area contributed by atoms with Crippen LogP contribution in [0.2, 0.25) is 0 Å². The molecule has 2 aromatic carbocycles. The molecule has 0 radical (unpaired) electrons. The molecular weight excluding hydrogens is 308 g/mol. The maximum atomic E-state index is 12.1. The zero-order valence-electron chi connectivity index (χ0n) is 12.0. The molecule has 0 unspecified atom stereocenters. The summed E-state index contributed by atoms with van der Waals surface area (Å²) in [7, 11) is 0. The monoisotopic (exact) mass is 320 g/mol. The Morgan fingerprint density at radius 3 is 2.13 bits per heavy atom. The molecule has 0 fully saturated rings. The number of benzene rings is 2. The molecule has 0 aliphatic rings. The van der Waals surface area contributed by atoms with Crippen LogP contribution in [0.1, 0.15) is 0 Å². The smallest absolute Gasteiger partial charge is 0.298 e. The van der Waals surface area contributed by atoms with Crippen LogP contribution in [-0.4, -0.2) is 9.97 Å². The van der Waals surface area contributed by atoms with Gasteiger partial charge in [-0.3, -0.25) is 14.8 Å². The number of fused-ring (bicyclic) bond motifs is 1. The van der Waals surface area contributed by atoms with Crippen molar-refractivity contribution in [3.05, 3.63) is 80.8 Å². The van der Waals surface area contributed by atoms with Crippen molar-refractivity contribution >= 4 is 21.6 Å². The Morgan fingerprint density at radius 1 is 0.739 bits per heavy atom. The van der Waals surface area contributed by atoms with E-state index in [9.17, 15) is 9.59 Å². The first-order chi connectivity index (χ1) is 11.2. The highest BCUT2D eigenvalue weighted by Crippen LogP contribution is 2.31. The predicted molar refractivity (Wildman–Crippen MR) is 93.9 cm³/mol. The maximum absolute atomic E-state index is 12.1. The fourth-order valence-electron chi connectivity index (χ4n) is 2.66. The van der Waals surface area contributed by atoms with E-state index in [0.29, 0.717) is 10.2 Å². The molecule has 0 amide bonds. The van der Waals surface area contributed by atoms with E-state index in [1.54, 1.807) is 0 Å². The van der Waals surface area contributed by atoms with Gasteiger partial charge < -0.3 is 0 Å². The van der Waals surface area contributed by atoms with Crippen LogP contribution in [0, 0.1) is 0 Å². The van der Waals surface area contributed by atoms with Crippen LogP contribution < -0.4 is 11.2 Å². The van der Waals surface area contributed by atoms with E-state index in [-0.39, 0.29) is 5.56 Å². The minimum atomic E-state index is -0.477. The van der Waals surface area contributed by atoms with E-state index in [1.807, 2.05) is 47.8 Å². The summed E-state index contributed by atoms with van der Waals surface area (Å²) in [6, 6.07) is 18.2. The minimum Gasteiger partial charge on any atom is -0.298 e. The van der Waals surface area contributed by atoms with Gasteiger partial charge in [0, 0.05) is 10.9 Å². The molecular formula is C18H12N2O2S. The van der Waals surface area contributed by atoms with Gasteiger partial charge in [-0.1, -0.05) is 54.6 Å². The first kappa shape index (κ1) is 13.7. The Morgan fingerprint density at radius 2 is 1.39 bits per heavy atom. The molecule has 0 saturated heterocycles. The number of hydrogen-bond donors (Lipinski definition) is 2. The largest absolute Gasteiger partial charge is 0.326 e. The Hall–Kier alpha value is -2.92. The van der Waals surface area contributed by atoms with Gasteiger partial charge in [-0.2, -0.15) is 0 Å². The Kier molecular flexibility index (Phi) is 3.20. The molecule has 4 aromatic rings. The van der Waals surface area contributed by atoms with Crippen molar-refractivity contribution in [1.82, 2.24) is 9.97 Å². The van der Waals surface area contributed by atoms with Crippen LogP contribution in [0.25, 0.3) is 32.5 Å². The van der Waals surface area contributed by atoms with E-state index in [0.717, 1.165) is 22.3 Å². The molecule has 0 atom stereocenters. The second kappa shape index (κ2) is 5.37. The van der Waals surface area contributed by atoms with Gasteiger partial charge in [-0.15, -0.1) is 11.3 Å². The zero-order chi connectivity index (χ0) is 15.8. The van der Waals surface area contributed by atoms with Crippen molar-refractivity contribution in [3.8, 4) is 22.3 Å². The molecule has 4 rings (SSSR count). The zero-order valence-corrected chi connectivity index (χ0v) is 12.8. The van der Waals surface area contributed by atoms with Crippen molar-refractivity contribution < 1.29 is 0 Å². The van der Waals surface area contributed by atoms with E-state index < -0.39 is 5.69 Å². The SMILES string of the molecule is O=c1[nH]c(=O)c2c(-c3ccc(-c4ccccc4)cc3)csc2[nH]1. The van der Waals surface area contributed by atoms with E-state index in [1.165, 1.54) is 11.3 Å². The lowest BCUT2D eigenvalue weighted by molar-refractivity contribution is 1.09. The molecule has 112 valence electrons. The average Bonchev–Trinajstić information content (AvgIpc) is 3.00. The highest BCUT2D eigenvalue weighted by molar-refractivity contribution is 7.17. The molecule has 0 aliphatic carbocycles. The van der Waals surface area contributed by atoms with Gasteiger partial charge in [-0.25, -0.2) is 4.79 Å². The number of rotatable bonds is 2. The molecule has 0 bridgehead atoms. The van der Waals surface area contributed by atoms with Crippen molar-refractivity contribution in [2.75, 3.05) is 0 Å². The molecule has 2 N–H and O–H groups in total. The molecule has 23 heavy (non-hydrogen) atoms. The van der Waals surface area contributed by atoms with Crippen LogP contribution in [-0.2, 0) is 0 Å². The highest BCUT2D eigenvalue weighted by Gasteiger charge is 2.11. The summed E-state index contributed by atoms with van der Waals surface area (Å²) in [5.41, 5.74) is 3.23. The van der Waals surface area contributed by atoms with Crippen LogP contribution in [0.4, 0.5) is 0 Å². The van der Waals surface area contributed by atoms with Gasteiger partial charge in [-0.05, 0) is 16.7 Å². The van der Waals surface area contributed by atoms with Gasteiger partial charge in [0.25, 0.3) is 5.56 Å². The quantitative estimate of drug-likeness (QED) is 0.592. The summed E-state index contributed by atoms with van der Waals surface area (Å²) in [4.78, 5) is 29.0. The Bertz CT molecular complexity index is 1090. The molecule has 5 heteroatoms. The second-order valence-corrected chi connectivity index (χ2v) is 6.08. The van der Waals surface area contributed by atoms with Crippen LogP contribution in [0.5, 0.6) is 0 Å². The number of H-pyrrole nitrogens is 2. The third-order valence-electron chi connectivity index (χ3n) is 3.78. The third kappa shape index (κ3) is 2.41. The normalized spacial score (nSPS) is 11.0. The lowest BCUT2D eigenvalue weighted by atomic mass is 10.0. The highest BCUT2D eigenvalue weighted by atomic mass is 32.1.